The summed E-state index contributed by atoms with van der Waals surface area (Å²) >= 11 is 0. The molecule has 0 aromatic heterocycles. The molecule has 17 heteroatoms. The predicted molar refractivity (Wildman–Crippen MR) is 53.5 cm³/mol. The van der Waals surface area contributed by atoms with E-state index in [0.717, 1.165) is 0 Å². The molecule has 0 fully saturated rings. The number of carbonyl (C=O) groups is 1. The molecule has 0 radical (unpaired) electrons. The summed E-state index contributed by atoms with van der Waals surface area (Å²) in [5.74, 6) is -1.00. The Hall–Kier alpha value is 0.977. The van der Waals surface area contributed by atoms with Crippen molar-refractivity contribution in [2.75, 3.05) is 13.2 Å². The van der Waals surface area contributed by atoms with Crippen LogP contribution in [0, 0.1) is 0 Å². The molecule has 0 aromatic rings. The van der Waals surface area contributed by atoms with Gasteiger partial charge in [-0.05, 0) is 0 Å². The quantitative estimate of drug-likeness (QED) is 0.166. The van der Waals surface area contributed by atoms with E-state index in [4.69, 9.17) is 25.5 Å². The number of ketones is 1. The maximum absolute atomic E-state index is 10.5. The van der Waals surface area contributed by atoms with E-state index < -0.39 is 53.0 Å². The SMILES string of the molecule is O=C(CO)[C@@H](O)[C@H](O)[C@H](O)CO.O=P([O-])([O-])OP(=O)([O-])[O-].[Zn+2].[Zn+2]. The number of carbonyl (C=O) groups excluding carboxylic acids is 1. The molecule has 128 valence electrons. The molecule has 0 saturated heterocycles. The number of phosphoric acid groups is 2. The molecule has 3 atom stereocenters. The van der Waals surface area contributed by atoms with Gasteiger partial charge in [-0.3, -0.25) is 4.79 Å². The topological polar surface area (TPSA) is 254 Å². The first-order valence-electron chi connectivity index (χ1n) is 4.79. The van der Waals surface area contributed by atoms with Crippen molar-refractivity contribution in [2.45, 2.75) is 18.3 Å². The molecule has 0 rings (SSSR count). The second-order valence-corrected chi connectivity index (χ2v) is 5.73. The fourth-order valence-electron chi connectivity index (χ4n) is 0.725. The molecule has 13 nitrogen and oxygen atoms in total. The van der Waals surface area contributed by atoms with Crippen LogP contribution in [0.4, 0.5) is 0 Å². The van der Waals surface area contributed by atoms with Crippen molar-refractivity contribution in [1.29, 1.82) is 0 Å². The number of aliphatic hydroxyl groups is 5. The minimum atomic E-state index is -5.68. The van der Waals surface area contributed by atoms with E-state index in [2.05, 4.69) is 4.31 Å². The molecule has 0 heterocycles. The Bertz CT molecular complexity index is 387. The molecule has 5 N–H and O–H groups in total. The summed E-state index contributed by atoms with van der Waals surface area (Å²) in [6, 6.07) is 0. The van der Waals surface area contributed by atoms with Crippen LogP contribution in [-0.4, -0.2) is 62.8 Å². The van der Waals surface area contributed by atoms with Crippen LogP contribution in [0.2, 0.25) is 0 Å². The first-order valence-corrected chi connectivity index (χ1v) is 7.71. The average molecular weight is 485 g/mol. The van der Waals surface area contributed by atoms with Gasteiger partial charge < -0.3 is 58.5 Å². The summed E-state index contributed by atoms with van der Waals surface area (Å²) < 4.78 is 21.2. The van der Waals surface area contributed by atoms with E-state index in [1.54, 1.807) is 0 Å². The number of Topliss-reactive ketones (excluding diaryl/α,β-unsaturated/α-hetero) is 1. The standard InChI is InChI=1S/C6H12O6.H4O7P2.2Zn/c7-1-3(9)5(11)6(12)4(10)2-8;1-8(2,3)7-9(4,5)6;;/h3,5-9,11-12H,1-2H2;(H2,1,2,3)(H2,4,5,6);;/q;;2*+2/p-4/t3-,5-,6-;;;/m1.../s1. The van der Waals surface area contributed by atoms with Crippen LogP contribution >= 0.6 is 15.6 Å². The molecular weight excluding hydrogens is 473 g/mol. The molecule has 0 aliphatic heterocycles. The minimum Gasteiger partial charge on any atom is -0.790 e. The Morgan fingerprint density at radius 2 is 1.30 bits per heavy atom. The smallest absolute Gasteiger partial charge is 0.790 e. The van der Waals surface area contributed by atoms with E-state index in [0.29, 0.717) is 0 Å². The van der Waals surface area contributed by atoms with Crippen molar-refractivity contribution in [2.24, 2.45) is 0 Å². The Balaban J connectivity index is -0.000000149. The number of hydrogen-bond acceptors (Lipinski definition) is 13. The Morgan fingerprint density at radius 1 is 0.957 bits per heavy atom. The van der Waals surface area contributed by atoms with Crippen molar-refractivity contribution in [3.05, 3.63) is 0 Å². The summed E-state index contributed by atoms with van der Waals surface area (Å²) in [6.07, 6.45) is -5.22. The van der Waals surface area contributed by atoms with Gasteiger partial charge in [0.05, 0.1) is 22.3 Å². The molecule has 0 bridgehead atoms. The van der Waals surface area contributed by atoms with Crippen LogP contribution < -0.4 is 19.6 Å². The Morgan fingerprint density at radius 3 is 1.48 bits per heavy atom. The van der Waals surface area contributed by atoms with Crippen LogP contribution in [0.1, 0.15) is 0 Å². The second-order valence-electron chi connectivity index (χ2n) is 3.29. The maximum atomic E-state index is 10.5. The van der Waals surface area contributed by atoms with Gasteiger partial charge in [0.25, 0.3) is 0 Å². The van der Waals surface area contributed by atoms with E-state index in [-0.39, 0.29) is 39.0 Å². The Kier molecular flexibility index (Phi) is 19.6. The van der Waals surface area contributed by atoms with E-state index in [9.17, 15) is 33.5 Å². The molecule has 0 aliphatic carbocycles. The summed E-state index contributed by atoms with van der Waals surface area (Å²) in [7, 11) is -11.4. The molecule has 0 aromatic carbocycles. The minimum absolute atomic E-state index is 0. The molecule has 0 saturated carbocycles. The number of rotatable bonds is 7. The molecule has 0 spiro atoms. The van der Waals surface area contributed by atoms with Crippen LogP contribution in [0.5, 0.6) is 0 Å². The largest absolute Gasteiger partial charge is 2.00 e. The third-order valence-corrected chi connectivity index (χ3v) is 3.19. The van der Waals surface area contributed by atoms with Crippen LogP contribution in [0.25, 0.3) is 0 Å². The van der Waals surface area contributed by atoms with Crippen molar-refractivity contribution >= 4 is 21.4 Å². The first-order chi connectivity index (χ1) is 9.25. The molecule has 0 unspecified atom stereocenters. The van der Waals surface area contributed by atoms with Crippen LogP contribution in [0.15, 0.2) is 0 Å². The fourth-order valence-corrected chi connectivity index (χ4v) is 1.70. The zero-order valence-electron chi connectivity index (χ0n) is 11.5. The molecule has 23 heavy (non-hydrogen) atoms. The fraction of sp³-hybridized carbons (Fsp3) is 0.833. The third-order valence-electron chi connectivity index (χ3n) is 1.59. The van der Waals surface area contributed by atoms with Gasteiger partial charge in [-0.25, -0.2) is 0 Å². The van der Waals surface area contributed by atoms with Gasteiger partial charge in [0.15, 0.2) is 5.78 Å². The average Bonchev–Trinajstić information content (AvgIpc) is 2.31. The van der Waals surface area contributed by atoms with Gasteiger partial charge in [-0.15, -0.1) is 0 Å². The molecule has 0 amide bonds. The normalized spacial score (nSPS) is 15.0. The number of aliphatic hydroxyl groups excluding tert-OH is 5. The third kappa shape index (κ3) is 19.2. The number of hydrogen-bond donors (Lipinski definition) is 5. The maximum Gasteiger partial charge on any atom is 2.00 e. The predicted octanol–water partition coefficient (Wildman–Crippen LogP) is -6.72. The summed E-state index contributed by atoms with van der Waals surface area (Å²) in [4.78, 5) is 47.8. The van der Waals surface area contributed by atoms with Crippen molar-refractivity contribution in [1.82, 2.24) is 0 Å². The van der Waals surface area contributed by atoms with Gasteiger partial charge in [0.1, 0.15) is 24.9 Å². The van der Waals surface area contributed by atoms with Gasteiger partial charge in [0, 0.05) is 0 Å². The summed E-state index contributed by atoms with van der Waals surface area (Å²) in [5, 5.41) is 43.1. The zero-order chi connectivity index (χ0) is 17.4. The monoisotopic (exact) mass is 482 g/mol. The Labute approximate surface area is 155 Å². The van der Waals surface area contributed by atoms with Gasteiger partial charge in [0.2, 0.25) is 0 Å². The zero-order valence-corrected chi connectivity index (χ0v) is 19.2. The van der Waals surface area contributed by atoms with E-state index in [1.807, 2.05) is 0 Å². The van der Waals surface area contributed by atoms with Gasteiger partial charge in [-0.1, -0.05) is 0 Å². The van der Waals surface area contributed by atoms with Gasteiger partial charge >= 0.3 is 39.0 Å². The molecule has 0 aliphatic rings. The summed E-state index contributed by atoms with van der Waals surface area (Å²) in [5.41, 5.74) is 0. The van der Waals surface area contributed by atoms with Crippen molar-refractivity contribution in [3.63, 3.8) is 0 Å². The van der Waals surface area contributed by atoms with Crippen LogP contribution in [-0.2, 0) is 57.2 Å². The van der Waals surface area contributed by atoms with E-state index in [1.165, 1.54) is 0 Å². The molecular formula is C6H12O13P2Zn2. The van der Waals surface area contributed by atoms with Gasteiger partial charge in [-0.2, -0.15) is 0 Å². The summed E-state index contributed by atoms with van der Waals surface area (Å²) in [6.45, 7) is -1.69. The van der Waals surface area contributed by atoms with Crippen LogP contribution in [0.3, 0.4) is 0 Å². The van der Waals surface area contributed by atoms with E-state index >= 15 is 0 Å². The first kappa shape index (κ1) is 31.7. The second kappa shape index (κ2) is 14.2. The van der Waals surface area contributed by atoms with Crippen molar-refractivity contribution < 1.29 is 102 Å². The van der Waals surface area contributed by atoms with Crippen molar-refractivity contribution in [3.8, 4) is 0 Å².